The molecule has 2 aliphatic heterocycles. The standard InChI is InChI=1S/C17H28N4O2/c1-13-6-3-4-9-21(13)17(22)12-20-8-5-7-15(11-20)10-16-18-14(2)23-19-16/h13,15H,3-12H2,1-2H3/t13-,15-/m0/s1. The predicted octanol–water partition coefficient (Wildman–Crippen LogP) is 2.03. The molecule has 2 saturated heterocycles. The van der Waals surface area contributed by atoms with Gasteiger partial charge in [-0.05, 0) is 51.5 Å². The van der Waals surface area contributed by atoms with Gasteiger partial charge in [-0.3, -0.25) is 9.69 Å². The van der Waals surface area contributed by atoms with Gasteiger partial charge in [0.15, 0.2) is 5.82 Å². The Balaban J connectivity index is 1.51. The van der Waals surface area contributed by atoms with Crippen molar-refractivity contribution < 1.29 is 9.32 Å². The molecule has 6 heteroatoms. The number of hydrogen-bond acceptors (Lipinski definition) is 5. The minimum atomic E-state index is 0.299. The molecule has 128 valence electrons. The molecule has 1 aromatic heterocycles. The lowest BCUT2D eigenvalue weighted by Crippen LogP contribution is -2.48. The number of rotatable bonds is 4. The van der Waals surface area contributed by atoms with Crippen LogP contribution in [0, 0.1) is 12.8 Å². The van der Waals surface area contributed by atoms with E-state index in [1.165, 1.54) is 12.8 Å². The van der Waals surface area contributed by atoms with Crippen LogP contribution in [0.15, 0.2) is 4.52 Å². The summed E-state index contributed by atoms with van der Waals surface area (Å²) in [6.45, 7) is 7.47. The van der Waals surface area contributed by atoms with Crippen LogP contribution in [0.4, 0.5) is 0 Å². The van der Waals surface area contributed by atoms with Crippen LogP contribution < -0.4 is 0 Å². The van der Waals surface area contributed by atoms with Crippen molar-refractivity contribution in [2.75, 3.05) is 26.2 Å². The summed E-state index contributed by atoms with van der Waals surface area (Å²) in [5.74, 6) is 2.24. The summed E-state index contributed by atoms with van der Waals surface area (Å²) in [6.07, 6.45) is 6.72. The van der Waals surface area contributed by atoms with Crippen molar-refractivity contribution in [1.29, 1.82) is 0 Å². The monoisotopic (exact) mass is 320 g/mol. The van der Waals surface area contributed by atoms with E-state index in [1.54, 1.807) is 0 Å². The first kappa shape index (κ1) is 16.4. The van der Waals surface area contributed by atoms with E-state index in [0.29, 0.717) is 30.3 Å². The zero-order chi connectivity index (χ0) is 16.2. The molecule has 0 saturated carbocycles. The number of aryl methyl sites for hydroxylation is 1. The summed E-state index contributed by atoms with van der Waals surface area (Å²) in [5.41, 5.74) is 0. The predicted molar refractivity (Wildman–Crippen MR) is 86.9 cm³/mol. The molecular formula is C17H28N4O2. The summed E-state index contributed by atoms with van der Waals surface area (Å²) in [7, 11) is 0. The first-order valence-electron chi connectivity index (χ1n) is 8.93. The smallest absolute Gasteiger partial charge is 0.236 e. The van der Waals surface area contributed by atoms with Crippen molar-refractivity contribution in [3.05, 3.63) is 11.7 Å². The van der Waals surface area contributed by atoms with E-state index < -0.39 is 0 Å². The molecule has 23 heavy (non-hydrogen) atoms. The molecule has 0 N–H and O–H groups in total. The second-order valence-corrected chi connectivity index (χ2v) is 7.11. The molecule has 0 aliphatic carbocycles. The van der Waals surface area contributed by atoms with Crippen LogP contribution in [0.5, 0.6) is 0 Å². The largest absolute Gasteiger partial charge is 0.340 e. The number of aromatic nitrogens is 2. The first-order chi connectivity index (χ1) is 11.1. The highest BCUT2D eigenvalue weighted by molar-refractivity contribution is 5.78. The molecule has 0 aromatic carbocycles. The van der Waals surface area contributed by atoms with E-state index in [1.807, 2.05) is 6.92 Å². The maximum atomic E-state index is 12.6. The number of hydrogen-bond donors (Lipinski definition) is 0. The molecule has 2 aliphatic rings. The average Bonchev–Trinajstić information content (AvgIpc) is 2.93. The lowest BCUT2D eigenvalue weighted by atomic mass is 9.94. The SMILES string of the molecule is Cc1nc(C[C@@H]2CCCN(CC(=O)N3CCCC[C@@H]3C)C2)no1. The van der Waals surface area contributed by atoms with Gasteiger partial charge < -0.3 is 9.42 Å². The van der Waals surface area contributed by atoms with E-state index in [2.05, 4.69) is 26.9 Å². The second-order valence-electron chi connectivity index (χ2n) is 7.11. The van der Waals surface area contributed by atoms with Crippen LogP contribution in [-0.2, 0) is 11.2 Å². The maximum absolute atomic E-state index is 12.6. The molecular weight excluding hydrogens is 292 g/mol. The van der Waals surface area contributed by atoms with Gasteiger partial charge >= 0.3 is 0 Å². The number of carbonyl (C=O) groups excluding carboxylic acids is 1. The third-order valence-electron chi connectivity index (χ3n) is 5.13. The van der Waals surface area contributed by atoms with Gasteiger partial charge in [0.25, 0.3) is 0 Å². The minimum absolute atomic E-state index is 0.299. The second kappa shape index (κ2) is 7.43. The number of piperidine rings is 2. The lowest BCUT2D eigenvalue weighted by molar-refractivity contribution is -0.136. The van der Waals surface area contributed by atoms with Gasteiger partial charge in [-0.1, -0.05) is 5.16 Å². The highest BCUT2D eigenvalue weighted by Gasteiger charge is 2.27. The van der Waals surface area contributed by atoms with Gasteiger partial charge in [0, 0.05) is 32.5 Å². The Kier molecular flexibility index (Phi) is 5.30. The van der Waals surface area contributed by atoms with Crippen molar-refractivity contribution in [3.8, 4) is 0 Å². The molecule has 1 amide bonds. The van der Waals surface area contributed by atoms with Crippen LogP contribution in [0.25, 0.3) is 0 Å². The van der Waals surface area contributed by atoms with E-state index >= 15 is 0 Å². The Bertz CT molecular complexity index is 530. The third kappa shape index (κ3) is 4.31. The fourth-order valence-electron chi connectivity index (χ4n) is 3.89. The van der Waals surface area contributed by atoms with Crippen molar-refractivity contribution in [1.82, 2.24) is 19.9 Å². The fraction of sp³-hybridized carbons (Fsp3) is 0.824. The molecule has 0 unspecified atom stereocenters. The fourth-order valence-corrected chi connectivity index (χ4v) is 3.89. The summed E-state index contributed by atoms with van der Waals surface area (Å²) >= 11 is 0. The first-order valence-corrected chi connectivity index (χ1v) is 8.93. The van der Waals surface area contributed by atoms with Crippen LogP contribution in [0.3, 0.4) is 0 Å². The van der Waals surface area contributed by atoms with Gasteiger partial charge in [0.2, 0.25) is 11.8 Å². The topological polar surface area (TPSA) is 62.5 Å². The molecule has 3 rings (SSSR count). The Hall–Kier alpha value is -1.43. The van der Waals surface area contributed by atoms with Crippen molar-refractivity contribution in [2.24, 2.45) is 5.92 Å². The zero-order valence-electron chi connectivity index (χ0n) is 14.3. The normalized spacial score (nSPS) is 26.4. The number of likely N-dealkylation sites (tertiary alicyclic amines) is 2. The summed E-state index contributed by atoms with van der Waals surface area (Å²) in [4.78, 5) is 21.3. The van der Waals surface area contributed by atoms with Crippen molar-refractivity contribution in [2.45, 2.75) is 58.4 Å². The van der Waals surface area contributed by atoms with E-state index in [4.69, 9.17) is 4.52 Å². The van der Waals surface area contributed by atoms with Gasteiger partial charge in [-0.2, -0.15) is 4.98 Å². The van der Waals surface area contributed by atoms with Crippen LogP contribution in [-0.4, -0.2) is 58.1 Å². The highest BCUT2D eigenvalue weighted by Crippen LogP contribution is 2.21. The molecule has 3 heterocycles. The van der Waals surface area contributed by atoms with Crippen molar-refractivity contribution >= 4 is 5.91 Å². The Morgan fingerprint density at radius 2 is 2.13 bits per heavy atom. The highest BCUT2D eigenvalue weighted by atomic mass is 16.5. The Labute approximate surface area is 138 Å². The van der Waals surface area contributed by atoms with E-state index in [-0.39, 0.29) is 0 Å². The van der Waals surface area contributed by atoms with Crippen molar-refractivity contribution in [3.63, 3.8) is 0 Å². The Morgan fingerprint density at radius 3 is 2.87 bits per heavy atom. The minimum Gasteiger partial charge on any atom is -0.340 e. The Morgan fingerprint density at radius 1 is 1.26 bits per heavy atom. The number of carbonyl (C=O) groups is 1. The average molecular weight is 320 g/mol. The van der Waals surface area contributed by atoms with Gasteiger partial charge in [-0.15, -0.1) is 0 Å². The number of nitrogens with zero attached hydrogens (tertiary/aromatic N) is 4. The van der Waals surface area contributed by atoms with Gasteiger partial charge in [-0.25, -0.2) is 0 Å². The zero-order valence-corrected chi connectivity index (χ0v) is 14.3. The summed E-state index contributed by atoms with van der Waals surface area (Å²) in [5, 5.41) is 4.00. The van der Waals surface area contributed by atoms with Crippen LogP contribution >= 0.6 is 0 Å². The van der Waals surface area contributed by atoms with Crippen LogP contribution in [0.1, 0.15) is 50.7 Å². The molecule has 6 nitrogen and oxygen atoms in total. The molecule has 0 radical (unpaired) electrons. The number of amides is 1. The van der Waals surface area contributed by atoms with Gasteiger partial charge in [0.1, 0.15) is 0 Å². The lowest BCUT2D eigenvalue weighted by Gasteiger charge is -2.37. The summed E-state index contributed by atoms with van der Waals surface area (Å²) < 4.78 is 5.05. The van der Waals surface area contributed by atoms with Gasteiger partial charge in [0.05, 0.1) is 6.54 Å². The quantitative estimate of drug-likeness (QED) is 0.849. The molecule has 0 bridgehead atoms. The van der Waals surface area contributed by atoms with Crippen LogP contribution in [0.2, 0.25) is 0 Å². The molecule has 2 fully saturated rings. The molecule has 1 aromatic rings. The van der Waals surface area contributed by atoms with E-state index in [0.717, 1.165) is 51.1 Å². The molecule has 0 spiro atoms. The maximum Gasteiger partial charge on any atom is 0.236 e. The molecule has 2 atom stereocenters. The summed E-state index contributed by atoms with van der Waals surface area (Å²) in [6, 6.07) is 0.402. The third-order valence-corrected chi connectivity index (χ3v) is 5.13. The van der Waals surface area contributed by atoms with E-state index in [9.17, 15) is 4.79 Å².